The molecule has 1 aromatic heterocycles. The SMILES string of the molecule is CCOc1ccc(Nc2ccnc(NC(C)C)n2)cc1. The molecule has 0 amide bonds. The Kier molecular flexibility index (Phi) is 4.76. The van der Waals surface area contributed by atoms with E-state index in [4.69, 9.17) is 4.74 Å². The van der Waals surface area contributed by atoms with Crippen molar-refractivity contribution in [3.8, 4) is 5.75 Å². The van der Waals surface area contributed by atoms with Crippen LogP contribution in [-0.2, 0) is 0 Å². The highest BCUT2D eigenvalue weighted by atomic mass is 16.5. The van der Waals surface area contributed by atoms with E-state index >= 15 is 0 Å². The van der Waals surface area contributed by atoms with Crippen molar-refractivity contribution in [1.82, 2.24) is 9.97 Å². The fraction of sp³-hybridized carbons (Fsp3) is 0.333. The Bertz CT molecular complexity index is 540. The van der Waals surface area contributed by atoms with Gasteiger partial charge in [-0.2, -0.15) is 4.98 Å². The molecule has 2 N–H and O–H groups in total. The van der Waals surface area contributed by atoms with E-state index in [1.54, 1.807) is 6.20 Å². The monoisotopic (exact) mass is 272 g/mol. The maximum Gasteiger partial charge on any atom is 0.224 e. The van der Waals surface area contributed by atoms with Gasteiger partial charge in [-0.3, -0.25) is 0 Å². The molecule has 2 rings (SSSR count). The molecule has 20 heavy (non-hydrogen) atoms. The van der Waals surface area contributed by atoms with Gasteiger partial charge in [0.2, 0.25) is 5.95 Å². The highest BCUT2D eigenvalue weighted by molar-refractivity contribution is 5.57. The molecule has 5 nitrogen and oxygen atoms in total. The highest BCUT2D eigenvalue weighted by Gasteiger charge is 2.01. The molecule has 0 aliphatic rings. The number of hydrogen-bond acceptors (Lipinski definition) is 5. The predicted octanol–water partition coefficient (Wildman–Crippen LogP) is 3.44. The normalized spacial score (nSPS) is 10.4. The summed E-state index contributed by atoms with van der Waals surface area (Å²) in [5, 5.41) is 6.41. The van der Waals surface area contributed by atoms with E-state index in [0.29, 0.717) is 18.6 Å². The Morgan fingerprint density at radius 3 is 2.55 bits per heavy atom. The zero-order valence-corrected chi connectivity index (χ0v) is 12.1. The van der Waals surface area contributed by atoms with Gasteiger partial charge >= 0.3 is 0 Å². The number of aromatic nitrogens is 2. The van der Waals surface area contributed by atoms with Gasteiger partial charge in [0, 0.05) is 17.9 Å². The van der Waals surface area contributed by atoms with Crippen LogP contribution >= 0.6 is 0 Å². The van der Waals surface area contributed by atoms with E-state index in [9.17, 15) is 0 Å². The van der Waals surface area contributed by atoms with E-state index in [-0.39, 0.29) is 0 Å². The van der Waals surface area contributed by atoms with Crippen molar-refractivity contribution >= 4 is 17.5 Å². The second-order valence-corrected chi connectivity index (χ2v) is 4.65. The minimum absolute atomic E-state index is 0.302. The van der Waals surface area contributed by atoms with Gasteiger partial charge in [-0.05, 0) is 51.1 Å². The summed E-state index contributed by atoms with van der Waals surface area (Å²) in [5.74, 6) is 2.24. The van der Waals surface area contributed by atoms with Gasteiger partial charge < -0.3 is 15.4 Å². The molecule has 106 valence electrons. The van der Waals surface area contributed by atoms with Crippen molar-refractivity contribution in [2.24, 2.45) is 0 Å². The average molecular weight is 272 g/mol. The first-order chi connectivity index (χ1) is 9.67. The number of benzene rings is 1. The second-order valence-electron chi connectivity index (χ2n) is 4.65. The van der Waals surface area contributed by atoms with Gasteiger partial charge in [0.15, 0.2) is 0 Å². The van der Waals surface area contributed by atoms with Crippen LogP contribution in [0.5, 0.6) is 5.75 Å². The number of ether oxygens (including phenoxy) is 1. The maximum absolute atomic E-state index is 5.41. The second kappa shape index (κ2) is 6.75. The molecule has 0 aliphatic heterocycles. The molecule has 0 unspecified atom stereocenters. The van der Waals surface area contributed by atoms with Crippen molar-refractivity contribution in [3.63, 3.8) is 0 Å². The molecule has 0 atom stereocenters. The van der Waals surface area contributed by atoms with Crippen LogP contribution in [0.15, 0.2) is 36.5 Å². The molecule has 2 aromatic rings. The Hall–Kier alpha value is -2.30. The quantitative estimate of drug-likeness (QED) is 0.843. The zero-order valence-electron chi connectivity index (χ0n) is 12.1. The smallest absolute Gasteiger partial charge is 0.224 e. The third-order valence-corrected chi connectivity index (χ3v) is 2.51. The van der Waals surface area contributed by atoms with Gasteiger partial charge in [-0.25, -0.2) is 4.98 Å². The first kappa shape index (κ1) is 14.1. The Morgan fingerprint density at radius 1 is 1.15 bits per heavy atom. The lowest BCUT2D eigenvalue weighted by atomic mass is 10.3. The topological polar surface area (TPSA) is 59.1 Å². The van der Waals surface area contributed by atoms with Crippen LogP contribution in [0.3, 0.4) is 0 Å². The number of hydrogen-bond donors (Lipinski definition) is 2. The largest absolute Gasteiger partial charge is 0.494 e. The van der Waals surface area contributed by atoms with E-state index in [0.717, 1.165) is 17.3 Å². The van der Waals surface area contributed by atoms with Gasteiger partial charge in [0.25, 0.3) is 0 Å². The van der Waals surface area contributed by atoms with Crippen LogP contribution in [0, 0.1) is 0 Å². The summed E-state index contributed by atoms with van der Waals surface area (Å²) in [6.07, 6.45) is 1.73. The van der Waals surface area contributed by atoms with Crippen molar-refractivity contribution in [3.05, 3.63) is 36.5 Å². The molecule has 0 radical (unpaired) electrons. The minimum atomic E-state index is 0.302. The summed E-state index contributed by atoms with van der Waals surface area (Å²) in [7, 11) is 0. The van der Waals surface area contributed by atoms with Crippen molar-refractivity contribution in [1.29, 1.82) is 0 Å². The summed E-state index contributed by atoms with van der Waals surface area (Å²) >= 11 is 0. The van der Waals surface area contributed by atoms with E-state index in [1.807, 2.05) is 37.3 Å². The van der Waals surface area contributed by atoms with Gasteiger partial charge in [-0.15, -0.1) is 0 Å². The lowest BCUT2D eigenvalue weighted by Gasteiger charge is -2.10. The third kappa shape index (κ3) is 4.12. The van der Waals surface area contributed by atoms with Crippen LogP contribution in [0.1, 0.15) is 20.8 Å². The third-order valence-electron chi connectivity index (χ3n) is 2.51. The molecular weight excluding hydrogens is 252 g/mol. The lowest BCUT2D eigenvalue weighted by Crippen LogP contribution is -2.12. The first-order valence-electron chi connectivity index (χ1n) is 6.77. The molecule has 0 saturated carbocycles. The van der Waals surface area contributed by atoms with E-state index < -0.39 is 0 Å². The zero-order chi connectivity index (χ0) is 14.4. The van der Waals surface area contributed by atoms with Crippen LogP contribution in [0.2, 0.25) is 0 Å². The van der Waals surface area contributed by atoms with Crippen LogP contribution < -0.4 is 15.4 Å². The molecule has 0 fully saturated rings. The van der Waals surface area contributed by atoms with Gasteiger partial charge in [0.05, 0.1) is 6.61 Å². The molecule has 0 spiro atoms. The number of anilines is 3. The lowest BCUT2D eigenvalue weighted by molar-refractivity contribution is 0.340. The molecule has 0 saturated heterocycles. The summed E-state index contributed by atoms with van der Waals surface area (Å²) in [6, 6.07) is 9.92. The standard InChI is InChI=1S/C15H20N4O/c1-4-20-13-7-5-12(6-8-13)18-14-9-10-16-15(19-14)17-11(2)3/h5-11H,4H2,1-3H3,(H2,16,17,18,19). The highest BCUT2D eigenvalue weighted by Crippen LogP contribution is 2.19. The summed E-state index contributed by atoms with van der Waals surface area (Å²) in [6.45, 7) is 6.74. The molecule has 0 bridgehead atoms. The minimum Gasteiger partial charge on any atom is -0.494 e. The average Bonchev–Trinajstić information content (AvgIpc) is 2.41. The van der Waals surface area contributed by atoms with E-state index in [1.165, 1.54) is 0 Å². The Morgan fingerprint density at radius 2 is 1.90 bits per heavy atom. The Balaban J connectivity index is 2.05. The predicted molar refractivity (Wildman–Crippen MR) is 81.7 cm³/mol. The first-order valence-corrected chi connectivity index (χ1v) is 6.77. The van der Waals surface area contributed by atoms with Crippen molar-refractivity contribution < 1.29 is 4.74 Å². The van der Waals surface area contributed by atoms with Crippen LogP contribution in [-0.4, -0.2) is 22.6 Å². The molecule has 5 heteroatoms. The summed E-state index contributed by atoms with van der Waals surface area (Å²) in [4.78, 5) is 8.58. The molecular formula is C15H20N4O. The maximum atomic E-state index is 5.41. The van der Waals surface area contributed by atoms with E-state index in [2.05, 4.69) is 34.4 Å². The van der Waals surface area contributed by atoms with Crippen LogP contribution in [0.4, 0.5) is 17.5 Å². The van der Waals surface area contributed by atoms with Gasteiger partial charge in [-0.1, -0.05) is 0 Å². The number of rotatable bonds is 6. The summed E-state index contributed by atoms with van der Waals surface area (Å²) < 4.78 is 5.41. The Labute approximate surface area is 119 Å². The fourth-order valence-corrected chi connectivity index (χ4v) is 1.71. The van der Waals surface area contributed by atoms with Gasteiger partial charge in [0.1, 0.15) is 11.6 Å². The summed E-state index contributed by atoms with van der Waals surface area (Å²) in [5.41, 5.74) is 0.961. The number of nitrogens with one attached hydrogen (secondary N) is 2. The molecule has 1 aromatic carbocycles. The molecule has 1 heterocycles. The van der Waals surface area contributed by atoms with Crippen molar-refractivity contribution in [2.75, 3.05) is 17.2 Å². The van der Waals surface area contributed by atoms with Crippen LogP contribution in [0.25, 0.3) is 0 Å². The number of nitrogens with zero attached hydrogens (tertiary/aromatic N) is 2. The van der Waals surface area contributed by atoms with Crippen molar-refractivity contribution in [2.45, 2.75) is 26.8 Å². The molecule has 0 aliphatic carbocycles. The fourth-order valence-electron chi connectivity index (χ4n) is 1.71.